The third-order valence-electron chi connectivity index (χ3n) is 2.56. The Labute approximate surface area is 96.6 Å². The van der Waals surface area contributed by atoms with E-state index in [2.05, 4.69) is 0 Å². The van der Waals surface area contributed by atoms with E-state index in [-0.39, 0.29) is 13.0 Å². The Morgan fingerprint density at radius 3 is 2.41 bits per heavy atom. The van der Waals surface area contributed by atoms with Crippen LogP contribution in [0.3, 0.4) is 0 Å². The van der Waals surface area contributed by atoms with Gasteiger partial charge in [0.2, 0.25) is 5.91 Å². The predicted molar refractivity (Wildman–Crippen MR) is 54.0 cm³/mol. The Morgan fingerprint density at radius 2 is 1.94 bits per heavy atom. The molecule has 0 radical (unpaired) electrons. The molecule has 1 aliphatic rings. The second kappa shape index (κ2) is 5.11. The molecule has 1 unspecified atom stereocenters. The highest BCUT2D eigenvalue weighted by Gasteiger charge is 2.40. The Morgan fingerprint density at radius 1 is 1.35 bits per heavy atom. The minimum absolute atomic E-state index is 0.0686. The Hall–Kier alpha value is -1.67. The molecule has 0 bridgehead atoms. The van der Waals surface area contributed by atoms with Crippen molar-refractivity contribution in [1.29, 1.82) is 0 Å². The van der Waals surface area contributed by atoms with Gasteiger partial charge in [0.05, 0.1) is 18.6 Å². The van der Waals surface area contributed by atoms with Gasteiger partial charge in [0.1, 0.15) is 6.04 Å². The molecule has 5 N–H and O–H groups in total. The maximum absolute atomic E-state index is 11.7. The summed E-state index contributed by atoms with van der Waals surface area (Å²) in [5.74, 6) is -3.24. The summed E-state index contributed by atoms with van der Waals surface area (Å²) < 4.78 is 0. The molecular weight excluding hydrogens is 232 g/mol. The van der Waals surface area contributed by atoms with Crippen LogP contribution in [0.4, 0.5) is 0 Å². The Kier molecular flexibility index (Phi) is 4.02. The average Bonchev–Trinajstić information content (AvgIpc) is 2.58. The lowest BCUT2D eigenvalue weighted by molar-refractivity contribution is -0.149. The van der Waals surface area contributed by atoms with Gasteiger partial charge in [-0.2, -0.15) is 0 Å². The quantitative estimate of drug-likeness (QED) is 0.442. The van der Waals surface area contributed by atoms with E-state index in [1.54, 1.807) is 0 Å². The van der Waals surface area contributed by atoms with Crippen LogP contribution in [-0.2, 0) is 14.4 Å². The van der Waals surface area contributed by atoms with Crippen molar-refractivity contribution >= 4 is 17.8 Å². The van der Waals surface area contributed by atoms with Crippen LogP contribution >= 0.6 is 0 Å². The number of rotatable bonds is 4. The number of amides is 1. The number of aliphatic carboxylic acids is 2. The largest absolute Gasteiger partial charge is 0.481 e. The second-order valence-electron chi connectivity index (χ2n) is 3.94. The van der Waals surface area contributed by atoms with Crippen LogP contribution in [-0.4, -0.2) is 62.8 Å². The molecule has 1 aliphatic heterocycles. The lowest BCUT2D eigenvalue weighted by atomic mass is 10.1. The molecule has 1 fully saturated rings. The maximum Gasteiger partial charge on any atom is 0.326 e. The minimum Gasteiger partial charge on any atom is -0.481 e. The molecule has 0 aromatic rings. The standard InChI is InChI=1S/C9H14N2O6/c10-5(2-7(13)14)8(15)11-3-4(12)1-6(11)9(16)17/h4-6,12H,1-3,10H2,(H,13,14)(H,16,17)/t4?,5-,6-/m0/s1. The normalized spacial score (nSPS) is 25.6. The zero-order valence-electron chi connectivity index (χ0n) is 8.94. The highest BCUT2D eigenvalue weighted by molar-refractivity contribution is 5.90. The lowest BCUT2D eigenvalue weighted by Crippen LogP contribution is -2.49. The molecule has 96 valence electrons. The van der Waals surface area contributed by atoms with E-state index >= 15 is 0 Å². The molecule has 1 saturated heterocycles. The first kappa shape index (κ1) is 13.4. The molecule has 1 amide bonds. The van der Waals surface area contributed by atoms with Crippen LogP contribution in [0.2, 0.25) is 0 Å². The van der Waals surface area contributed by atoms with Gasteiger partial charge in [-0.25, -0.2) is 4.79 Å². The number of carbonyl (C=O) groups excluding carboxylic acids is 1. The van der Waals surface area contributed by atoms with Crippen LogP contribution in [0.5, 0.6) is 0 Å². The zero-order valence-corrected chi connectivity index (χ0v) is 8.94. The Bertz CT molecular complexity index is 344. The van der Waals surface area contributed by atoms with Crippen molar-refractivity contribution < 1.29 is 29.7 Å². The summed E-state index contributed by atoms with van der Waals surface area (Å²) in [7, 11) is 0. The number of likely N-dealkylation sites (tertiary alicyclic amines) is 1. The molecule has 0 aromatic heterocycles. The molecule has 1 heterocycles. The fourth-order valence-electron chi connectivity index (χ4n) is 1.78. The second-order valence-corrected chi connectivity index (χ2v) is 3.94. The van der Waals surface area contributed by atoms with Gasteiger partial charge in [0, 0.05) is 13.0 Å². The summed E-state index contributed by atoms with van der Waals surface area (Å²) >= 11 is 0. The van der Waals surface area contributed by atoms with Gasteiger partial charge < -0.3 is 26.0 Å². The third kappa shape index (κ3) is 3.14. The van der Waals surface area contributed by atoms with Gasteiger partial charge in [-0.05, 0) is 0 Å². The van der Waals surface area contributed by atoms with E-state index in [0.717, 1.165) is 4.90 Å². The SMILES string of the molecule is N[C@@H](CC(=O)O)C(=O)N1CC(O)C[C@H]1C(=O)O. The van der Waals surface area contributed by atoms with Gasteiger partial charge in [-0.1, -0.05) is 0 Å². The molecule has 8 heteroatoms. The number of hydrogen-bond donors (Lipinski definition) is 4. The van der Waals surface area contributed by atoms with Crippen molar-refractivity contribution in [3.63, 3.8) is 0 Å². The maximum atomic E-state index is 11.7. The van der Waals surface area contributed by atoms with Gasteiger partial charge in [-0.15, -0.1) is 0 Å². The van der Waals surface area contributed by atoms with Crippen LogP contribution in [0.15, 0.2) is 0 Å². The van der Waals surface area contributed by atoms with Crippen molar-refractivity contribution in [3.8, 4) is 0 Å². The van der Waals surface area contributed by atoms with Crippen molar-refractivity contribution in [2.24, 2.45) is 5.73 Å². The van der Waals surface area contributed by atoms with E-state index in [9.17, 15) is 19.5 Å². The summed E-state index contributed by atoms with van der Waals surface area (Å²) in [4.78, 5) is 33.9. The summed E-state index contributed by atoms with van der Waals surface area (Å²) in [5.41, 5.74) is 5.36. The molecule has 8 nitrogen and oxygen atoms in total. The van der Waals surface area contributed by atoms with Crippen molar-refractivity contribution in [1.82, 2.24) is 4.90 Å². The van der Waals surface area contributed by atoms with Crippen LogP contribution in [0.1, 0.15) is 12.8 Å². The number of carboxylic acids is 2. The molecule has 3 atom stereocenters. The lowest BCUT2D eigenvalue weighted by Gasteiger charge is -2.23. The number of hydrogen-bond acceptors (Lipinski definition) is 5. The highest BCUT2D eigenvalue weighted by atomic mass is 16.4. The fraction of sp³-hybridized carbons (Fsp3) is 0.667. The number of nitrogens with two attached hydrogens (primary N) is 1. The third-order valence-corrected chi connectivity index (χ3v) is 2.56. The van der Waals surface area contributed by atoms with Gasteiger partial charge in [0.15, 0.2) is 0 Å². The molecular formula is C9H14N2O6. The molecule has 0 aromatic carbocycles. The molecule has 17 heavy (non-hydrogen) atoms. The van der Waals surface area contributed by atoms with E-state index in [0.29, 0.717) is 0 Å². The number of carboxylic acid groups (broad SMARTS) is 2. The first-order valence-electron chi connectivity index (χ1n) is 5.01. The average molecular weight is 246 g/mol. The van der Waals surface area contributed by atoms with Gasteiger partial charge in [0.25, 0.3) is 0 Å². The zero-order chi connectivity index (χ0) is 13.2. The molecule has 1 rings (SSSR count). The Balaban J connectivity index is 2.73. The number of nitrogens with zero attached hydrogens (tertiary/aromatic N) is 1. The van der Waals surface area contributed by atoms with E-state index in [4.69, 9.17) is 15.9 Å². The summed E-state index contributed by atoms with van der Waals surface area (Å²) in [6.07, 6.45) is -1.56. The number of aliphatic hydroxyl groups excluding tert-OH is 1. The number of carbonyl (C=O) groups is 3. The van der Waals surface area contributed by atoms with Crippen LogP contribution < -0.4 is 5.73 Å². The predicted octanol–water partition coefficient (Wildman–Crippen LogP) is -2.17. The van der Waals surface area contributed by atoms with E-state index in [1.807, 2.05) is 0 Å². The van der Waals surface area contributed by atoms with E-state index in [1.165, 1.54) is 0 Å². The topological polar surface area (TPSA) is 141 Å². The minimum atomic E-state index is -1.29. The molecule has 0 spiro atoms. The summed E-state index contributed by atoms with van der Waals surface area (Å²) in [5, 5.41) is 26.7. The highest BCUT2D eigenvalue weighted by Crippen LogP contribution is 2.19. The number of aliphatic hydroxyl groups is 1. The van der Waals surface area contributed by atoms with E-state index < -0.39 is 42.5 Å². The summed E-state index contributed by atoms with van der Waals surface area (Å²) in [6, 6.07) is -2.43. The number of β-amino-alcohol motifs (C(OH)–C–C–N with tert-alkyl or cyclic N) is 1. The van der Waals surface area contributed by atoms with Crippen LogP contribution in [0.25, 0.3) is 0 Å². The molecule has 0 saturated carbocycles. The van der Waals surface area contributed by atoms with Gasteiger partial charge >= 0.3 is 11.9 Å². The van der Waals surface area contributed by atoms with Crippen molar-refractivity contribution in [3.05, 3.63) is 0 Å². The first-order valence-corrected chi connectivity index (χ1v) is 5.01. The summed E-state index contributed by atoms with van der Waals surface area (Å²) in [6.45, 7) is -0.136. The van der Waals surface area contributed by atoms with Gasteiger partial charge in [-0.3, -0.25) is 9.59 Å². The monoisotopic (exact) mass is 246 g/mol. The van der Waals surface area contributed by atoms with Crippen molar-refractivity contribution in [2.45, 2.75) is 31.0 Å². The van der Waals surface area contributed by atoms with Crippen LogP contribution in [0, 0.1) is 0 Å². The fourth-order valence-corrected chi connectivity index (χ4v) is 1.78. The molecule has 0 aliphatic carbocycles. The first-order chi connectivity index (χ1) is 7.82. The smallest absolute Gasteiger partial charge is 0.326 e. The van der Waals surface area contributed by atoms with Crippen molar-refractivity contribution in [2.75, 3.05) is 6.54 Å².